The number of aliphatic hydroxyl groups excluding tert-OH is 1. The van der Waals surface area contributed by atoms with Crippen LogP contribution in [0.5, 0.6) is 0 Å². The molecule has 0 aromatic heterocycles. The van der Waals surface area contributed by atoms with Crippen molar-refractivity contribution in [1.82, 2.24) is 10.2 Å². The van der Waals surface area contributed by atoms with Crippen molar-refractivity contribution in [3.05, 3.63) is 78.4 Å². The number of nitrogens with one attached hydrogen (secondary N) is 2. The number of alkyl carbamates (subject to hydrolysis) is 1. The Hall–Kier alpha value is -3.91. The topological polar surface area (TPSA) is 108 Å². The summed E-state index contributed by atoms with van der Waals surface area (Å²) in [5.74, 6) is -0.851. The Bertz CT molecular complexity index is 1270. The lowest BCUT2D eigenvalue weighted by Gasteiger charge is -2.34. The van der Waals surface area contributed by atoms with Gasteiger partial charge < -0.3 is 25.4 Å². The van der Waals surface area contributed by atoms with E-state index in [1.54, 1.807) is 45.0 Å². The van der Waals surface area contributed by atoms with Crippen LogP contribution in [0.2, 0.25) is 0 Å². The molecule has 2 unspecified atom stereocenters. The first-order chi connectivity index (χ1) is 18.5. The third-order valence-corrected chi connectivity index (χ3v) is 6.01. The second-order valence-electron chi connectivity index (χ2n) is 10.9. The van der Waals surface area contributed by atoms with E-state index in [4.69, 9.17) is 4.74 Å². The highest BCUT2D eigenvalue weighted by Gasteiger charge is 2.36. The first-order valence-corrected chi connectivity index (χ1v) is 13.2. The normalized spacial score (nSPS) is 13.0. The van der Waals surface area contributed by atoms with Gasteiger partial charge in [-0.25, -0.2) is 4.79 Å². The lowest BCUT2D eigenvalue weighted by Crippen LogP contribution is -2.53. The molecule has 208 valence electrons. The highest BCUT2D eigenvalue weighted by Crippen LogP contribution is 2.26. The number of carbonyl (C=O) groups is 3. The summed E-state index contributed by atoms with van der Waals surface area (Å²) >= 11 is 0. The SMILES string of the molecule is CC(C)CC(NC(=O)OC(C)(C)C)C(=O)N(CCO)C(C(=O)Nc1ccc2ccccc2c1)c1ccccc1. The Morgan fingerprint density at radius 3 is 2.18 bits per heavy atom. The number of nitrogens with zero attached hydrogens (tertiary/aromatic N) is 1. The Kier molecular flexibility index (Phi) is 10.1. The molecule has 0 radical (unpaired) electrons. The van der Waals surface area contributed by atoms with Crippen LogP contribution < -0.4 is 10.6 Å². The fourth-order valence-corrected chi connectivity index (χ4v) is 4.40. The summed E-state index contributed by atoms with van der Waals surface area (Å²) in [6, 6.07) is 20.4. The maximum absolute atomic E-state index is 14.0. The molecule has 3 amide bonds. The molecule has 0 heterocycles. The van der Waals surface area contributed by atoms with E-state index in [1.807, 2.05) is 62.4 Å². The second kappa shape index (κ2) is 13.2. The molecule has 8 heteroatoms. The number of amides is 3. The molecule has 0 aliphatic rings. The number of anilines is 1. The summed E-state index contributed by atoms with van der Waals surface area (Å²) in [4.78, 5) is 41.8. The van der Waals surface area contributed by atoms with Gasteiger partial charge in [0.1, 0.15) is 17.7 Å². The number of rotatable bonds is 10. The quantitative estimate of drug-likeness (QED) is 0.329. The molecule has 39 heavy (non-hydrogen) atoms. The lowest BCUT2D eigenvalue weighted by atomic mass is 9.99. The van der Waals surface area contributed by atoms with Gasteiger partial charge in [0.25, 0.3) is 5.91 Å². The van der Waals surface area contributed by atoms with Crippen LogP contribution in [0.1, 0.15) is 52.6 Å². The van der Waals surface area contributed by atoms with Gasteiger partial charge >= 0.3 is 6.09 Å². The van der Waals surface area contributed by atoms with Crippen molar-refractivity contribution in [1.29, 1.82) is 0 Å². The number of benzene rings is 3. The van der Waals surface area contributed by atoms with Crippen LogP contribution in [0.3, 0.4) is 0 Å². The molecule has 3 N–H and O–H groups in total. The minimum absolute atomic E-state index is 0.0615. The number of hydrogen-bond donors (Lipinski definition) is 3. The molecule has 3 aromatic carbocycles. The lowest BCUT2D eigenvalue weighted by molar-refractivity contribution is -0.141. The second-order valence-corrected chi connectivity index (χ2v) is 10.9. The van der Waals surface area contributed by atoms with Crippen molar-refractivity contribution in [2.45, 2.75) is 58.7 Å². The third kappa shape index (κ3) is 8.55. The highest BCUT2D eigenvalue weighted by atomic mass is 16.6. The van der Waals surface area contributed by atoms with Crippen molar-refractivity contribution in [3.8, 4) is 0 Å². The molecule has 0 spiro atoms. The first kappa shape index (κ1) is 29.6. The monoisotopic (exact) mass is 533 g/mol. The van der Waals surface area contributed by atoms with Crippen LogP contribution in [0.25, 0.3) is 10.8 Å². The Morgan fingerprint density at radius 1 is 0.923 bits per heavy atom. The van der Waals surface area contributed by atoms with Crippen molar-refractivity contribution in [2.24, 2.45) is 5.92 Å². The number of hydrogen-bond acceptors (Lipinski definition) is 5. The summed E-state index contributed by atoms with van der Waals surface area (Å²) in [5.41, 5.74) is 0.423. The molecule has 0 aliphatic heterocycles. The van der Waals surface area contributed by atoms with E-state index >= 15 is 0 Å². The van der Waals surface area contributed by atoms with Crippen molar-refractivity contribution in [3.63, 3.8) is 0 Å². The summed E-state index contributed by atoms with van der Waals surface area (Å²) in [7, 11) is 0. The maximum atomic E-state index is 14.0. The van der Waals surface area contributed by atoms with E-state index < -0.39 is 35.6 Å². The minimum Gasteiger partial charge on any atom is -0.444 e. The fraction of sp³-hybridized carbons (Fsp3) is 0.387. The van der Waals surface area contributed by atoms with E-state index in [-0.39, 0.29) is 19.1 Å². The zero-order valence-electron chi connectivity index (χ0n) is 23.3. The fourth-order valence-electron chi connectivity index (χ4n) is 4.40. The summed E-state index contributed by atoms with van der Waals surface area (Å²) in [5, 5.41) is 17.6. The van der Waals surface area contributed by atoms with Gasteiger partial charge in [0.05, 0.1) is 6.61 Å². The number of carbonyl (C=O) groups excluding carboxylic acids is 3. The van der Waals surface area contributed by atoms with Crippen LogP contribution in [-0.4, -0.2) is 52.7 Å². The smallest absolute Gasteiger partial charge is 0.408 e. The standard InChI is InChI=1S/C31H39N3O5/c1-21(2)19-26(33-30(38)39-31(3,4)5)29(37)34(17-18-35)27(23-12-7-6-8-13-23)28(36)32-25-16-15-22-11-9-10-14-24(22)20-25/h6-16,20-21,26-27,35H,17-19H2,1-5H3,(H,32,36)(H,33,38). The Labute approximate surface area is 230 Å². The van der Waals surface area contributed by atoms with Gasteiger partial charge in [-0.1, -0.05) is 74.5 Å². The van der Waals surface area contributed by atoms with Gasteiger partial charge in [0, 0.05) is 12.2 Å². The molecule has 8 nitrogen and oxygen atoms in total. The van der Waals surface area contributed by atoms with Gasteiger partial charge in [-0.3, -0.25) is 9.59 Å². The summed E-state index contributed by atoms with van der Waals surface area (Å²) < 4.78 is 5.40. The van der Waals surface area contributed by atoms with Crippen molar-refractivity contribution in [2.75, 3.05) is 18.5 Å². The largest absolute Gasteiger partial charge is 0.444 e. The first-order valence-electron chi connectivity index (χ1n) is 13.2. The number of ether oxygens (including phenoxy) is 1. The third-order valence-electron chi connectivity index (χ3n) is 6.01. The maximum Gasteiger partial charge on any atom is 0.408 e. The Morgan fingerprint density at radius 2 is 1.56 bits per heavy atom. The molecule has 0 saturated heterocycles. The molecule has 2 atom stereocenters. The molecular weight excluding hydrogens is 494 g/mol. The van der Waals surface area contributed by atoms with E-state index in [9.17, 15) is 19.5 Å². The van der Waals surface area contributed by atoms with Crippen LogP contribution in [0.15, 0.2) is 72.8 Å². The van der Waals surface area contributed by atoms with E-state index in [1.165, 1.54) is 4.90 Å². The summed E-state index contributed by atoms with van der Waals surface area (Å²) in [6.45, 7) is 8.64. The van der Waals surface area contributed by atoms with Crippen molar-refractivity contribution >= 4 is 34.4 Å². The average Bonchev–Trinajstić information content (AvgIpc) is 2.87. The molecule has 0 bridgehead atoms. The number of fused-ring (bicyclic) bond motifs is 1. The van der Waals surface area contributed by atoms with Gasteiger partial charge in [0.2, 0.25) is 5.91 Å². The van der Waals surface area contributed by atoms with Crippen LogP contribution in [-0.2, 0) is 14.3 Å². The van der Waals surface area contributed by atoms with E-state index in [2.05, 4.69) is 10.6 Å². The zero-order chi connectivity index (χ0) is 28.6. The van der Waals surface area contributed by atoms with Crippen LogP contribution in [0, 0.1) is 5.92 Å². The molecule has 3 rings (SSSR count). The Balaban J connectivity index is 1.96. The summed E-state index contributed by atoms with van der Waals surface area (Å²) in [6.07, 6.45) is -0.393. The van der Waals surface area contributed by atoms with Crippen LogP contribution >= 0.6 is 0 Å². The van der Waals surface area contributed by atoms with Crippen LogP contribution in [0.4, 0.5) is 10.5 Å². The highest BCUT2D eigenvalue weighted by molar-refractivity contribution is 6.00. The minimum atomic E-state index is -1.05. The molecular formula is C31H39N3O5. The molecule has 0 aliphatic carbocycles. The predicted octanol–water partition coefficient (Wildman–Crippen LogP) is 5.28. The molecule has 0 saturated carbocycles. The molecule has 3 aromatic rings. The number of aliphatic hydroxyl groups is 1. The zero-order valence-corrected chi connectivity index (χ0v) is 23.3. The predicted molar refractivity (Wildman–Crippen MR) is 153 cm³/mol. The van der Waals surface area contributed by atoms with E-state index in [0.717, 1.165) is 10.8 Å². The van der Waals surface area contributed by atoms with Gasteiger partial charge in [-0.2, -0.15) is 0 Å². The molecule has 0 fully saturated rings. The van der Waals surface area contributed by atoms with E-state index in [0.29, 0.717) is 17.7 Å². The van der Waals surface area contributed by atoms with Gasteiger partial charge in [-0.15, -0.1) is 0 Å². The van der Waals surface area contributed by atoms with Gasteiger partial charge in [0.15, 0.2) is 0 Å². The van der Waals surface area contributed by atoms with Gasteiger partial charge in [-0.05, 0) is 61.6 Å². The average molecular weight is 534 g/mol. The van der Waals surface area contributed by atoms with Crippen molar-refractivity contribution < 1.29 is 24.2 Å².